The molecule has 1 N–H and O–H groups in total. The van der Waals surface area contributed by atoms with Crippen LogP contribution in [0, 0.1) is 17.7 Å². The summed E-state index contributed by atoms with van der Waals surface area (Å²) in [5.74, 6) is 1.28. The maximum Gasteiger partial charge on any atom is 0.139 e. The number of anilines is 1. The molecule has 0 aromatic heterocycles. The first-order valence-electron chi connectivity index (χ1n) is 5.62. The van der Waals surface area contributed by atoms with E-state index >= 15 is 0 Å². The van der Waals surface area contributed by atoms with Crippen LogP contribution in [0.4, 0.5) is 10.1 Å². The predicted octanol–water partition coefficient (Wildman–Crippen LogP) is 3.96. The van der Waals surface area contributed by atoms with Gasteiger partial charge in [0, 0.05) is 17.6 Å². The van der Waals surface area contributed by atoms with Crippen LogP contribution in [0.2, 0.25) is 0 Å². The van der Waals surface area contributed by atoms with Crippen molar-refractivity contribution in [2.24, 2.45) is 11.8 Å². The highest BCUT2D eigenvalue weighted by molar-refractivity contribution is 9.10. The van der Waals surface area contributed by atoms with Crippen molar-refractivity contribution < 1.29 is 4.39 Å². The Balaban J connectivity index is 1.70. The Morgan fingerprint density at radius 2 is 2.25 bits per heavy atom. The number of halogens is 2. The van der Waals surface area contributed by atoms with E-state index in [2.05, 4.69) is 33.4 Å². The Bertz CT molecular complexity index is 444. The summed E-state index contributed by atoms with van der Waals surface area (Å²) in [6, 6.07) is 5.71. The second-order valence-corrected chi connectivity index (χ2v) is 5.47. The standard InChI is InChI=1S/C13H13BrFN/c14-11-5-4-9(7-12(11)15)16-13-6-8-2-1-3-10(8)13/h1,3-5,7-8,10,13,16H,2,6H2. The zero-order valence-electron chi connectivity index (χ0n) is 8.79. The second kappa shape index (κ2) is 3.88. The van der Waals surface area contributed by atoms with Crippen molar-refractivity contribution in [1.82, 2.24) is 0 Å². The number of rotatable bonds is 2. The quantitative estimate of drug-likeness (QED) is 0.809. The fourth-order valence-corrected chi connectivity index (χ4v) is 2.93. The molecule has 1 saturated carbocycles. The molecule has 0 spiro atoms. The summed E-state index contributed by atoms with van der Waals surface area (Å²) in [5.41, 5.74) is 0.879. The van der Waals surface area contributed by atoms with Gasteiger partial charge in [-0.15, -0.1) is 0 Å². The van der Waals surface area contributed by atoms with Gasteiger partial charge in [0.2, 0.25) is 0 Å². The summed E-state index contributed by atoms with van der Waals surface area (Å²) in [7, 11) is 0. The van der Waals surface area contributed by atoms with Crippen LogP contribution in [0.3, 0.4) is 0 Å². The van der Waals surface area contributed by atoms with Crippen LogP contribution < -0.4 is 5.32 Å². The Morgan fingerprint density at radius 1 is 1.38 bits per heavy atom. The monoisotopic (exact) mass is 281 g/mol. The molecule has 1 nitrogen and oxygen atoms in total. The maximum atomic E-state index is 13.3. The van der Waals surface area contributed by atoms with Crippen molar-refractivity contribution in [3.8, 4) is 0 Å². The van der Waals surface area contributed by atoms with Crippen LogP contribution in [-0.4, -0.2) is 6.04 Å². The van der Waals surface area contributed by atoms with E-state index in [0.29, 0.717) is 16.4 Å². The summed E-state index contributed by atoms with van der Waals surface area (Å²) in [5, 5.41) is 3.41. The first-order chi connectivity index (χ1) is 7.74. The molecule has 2 aliphatic rings. The smallest absolute Gasteiger partial charge is 0.139 e. The third-order valence-electron chi connectivity index (χ3n) is 3.63. The highest BCUT2D eigenvalue weighted by atomic mass is 79.9. The van der Waals surface area contributed by atoms with E-state index in [0.717, 1.165) is 11.6 Å². The van der Waals surface area contributed by atoms with Crippen LogP contribution in [0.5, 0.6) is 0 Å². The largest absolute Gasteiger partial charge is 0.382 e. The van der Waals surface area contributed by atoms with Crippen molar-refractivity contribution in [2.75, 3.05) is 5.32 Å². The highest BCUT2D eigenvalue weighted by Crippen LogP contribution is 2.44. The minimum absolute atomic E-state index is 0.206. The molecule has 1 fully saturated rings. The maximum absolute atomic E-state index is 13.3. The lowest BCUT2D eigenvalue weighted by molar-refractivity contribution is 0.218. The van der Waals surface area contributed by atoms with E-state index in [-0.39, 0.29) is 5.82 Å². The Morgan fingerprint density at radius 3 is 3.00 bits per heavy atom. The van der Waals surface area contributed by atoms with Gasteiger partial charge in [-0.05, 0) is 52.9 Å². The molecule has 2 aliphatic carbocycles. The lowest BCUT2D eigenvalue weighted by Gasteiger charge is -2.41. The lowest BCUT2D eigenvalue weighted by atomic mass is 9.71. The van der Waals surface area contributed by atoms with Gasteiger partial charge in [0.25, 0.3) is 0 Å². The van der Waals surface area contributed by atoms with Crippen LogP contribution in [0.1, 0.15) is 12.8 Å². The first kappa shape index (κ1) is 10.3. The molecule has 0 saturated heterocycles. The van der Waals surface area contributed by atoms with Crippen molar-refractivity contribution in [3.63, 3.8) is 0 Å². The van der Waals surface area contributed by atoms with E-state index in [1.807, 2.05) is 6.07 Å². The molecule has 0 bridgehead atoms. The van der Waals surface area contributed by atoms with Gasteiger partial charge in [0.15, 0.2) is 0 Å². The van der Waals surface area contributed by atoms with Crippen molar-refractivity contribution >= 4 is 21.6 Å². The van der Waals surface area contributed by atoms with Gasteiger partial charge in [-0.1, -0.05) is 12.2 Å². The van der Waals surface area contributed by atoms with Crippen LogP contribution >= 0.6 is 15.9 Å². The molecule has 1 aromatic rings. The minimum Gasteiger partial charge on any atom is -0.382 e. The normalized spacial score (nSPS) is 31.0. The van der Waals surface area contributed by atoms with Crippen molar-refractivity contribution in [3.05, 3.63) is 40.6 Å². The predicted molar refractivity (Wildman–Crippen MR) is 66.9 cm³/mol. The van der Waals surface area contributed by atoms with Crippen LogP contribution in [0.25, 0.3) is 0 Å². The summed E-state index contributed by atoms with van der Waals surface area (Å²) in [4.78, 5) is 0. The minimum atomic E-state index is -0.206. The van der Waals surface area contributed by atoms with Crippen molar-refractivity contribution in [1.29, 1.82) is 0 Å². The Kier molecular flexibility index (Phi) is 2.51. The summed E-state index contributed by atoms with van der Waals surface area (Å²) >= 11 is 3.16. The molecule has 0 heterocycles. The Hall–Kier alpha value is -0.830. The fraction of sp³-hybridized carbons (Fsp3) is 0.385. The highest BCUT2D eigenvalue weighted by Gasteiger charge is 2.40. The van der Waals surface area contributed by atoms with E-state index in [9.17, 15) is 4.39 Å². The average molecular weight is 282 g/mol. The number of fused-ring (bicyclic) bond motifs is 1. The molecular formula is C13H13BrFN. The molecular weight excluding hydrogens is 269 g/mol. The molecule has 0 amide bonds. The summed E-state index contributed by atoms with van der Waals surface area (Å²) < 4.78 is 13.8. The van der Waals surface area contributed by atoms with Crippen LogP contribution in [-0.2, 0) is 0 Å². The van der Waals surface area contributed by atoms with E-state index in [1.54, 1.807) is 12.1 Å². The zero-order chi connectivity index (χ0) is 11.1. The van der Waals surface area contributed by atoms with Gasteiger partial charge < -0.3 is 5.32 Å². The van der Waals surface area contributed by atoms with Gasteiger partial charge in [0.1, 0.15) is 5.82 Å². The van der Waals surface area contributed by atoms with Crippen LogP contribution in [0.15, 0.2) is 34.8 Å². The number of allylic oxidation sites excluding steroid dienone is 1. The average Bonchev–Trinajstić information content (AvgIpc) is 2.61. The number of hydrogen-bond donors (Lipinski definition) is 1. The third kappa shape index (κ3) is 1.67. The SMILES string of the molecule is Fc1cc(NC2CC3CC=CC32)ccc1Br. The molecule has 16 heavy (non-hydrogen) atoms. The third-order valence-corrected chi connectivity index (χ3v) is 4.28. The van der Waals surface area contributed by atoms with Gasteiger partial charge in [-0.2, -0.15) is 0 Å². The molecule has 3 unspecified atom stereocenters. The molecule has 84 valence electrons. The first-order valence-corrected chi connectivity index (χ1v) is 6.41. The molecule has 3 heteroatoms. The molecule has 3 atom stereocenters. The van der Waals surface area contributed by atoms with E-state index < -0.39 is 0 Å². The number of hydrogen-bond acceptors (Lipinski definition) is 1. The number of benzene rings is 1. The van der Waals surface area contributed by atoms with Gasteiger partial charge in [0.05, 0.1) is 4.47 Å². The summed E-state index contributed by atoms with van der Waals surface area (Å²) in [6.45, 7) is 0. The number of nitrogens with one attached hydrogen (secondary N) is 1. The second-order valence-electron chi connectivity index (χ2n) is 4.62. The van der Waals surface area contributed by atoms with Crippen molar-refractivity contribution in [2.45, 2.75) is 18.9 Å². The molecule has 3 rings (SSSR count). The Labute approximate surface area is 103 Å². The zero-order valence-corrected chi connectivity index (χ0v) is 10.4. The molecule has 0 radical (unpaired) electrons. The van der Waals surface area contributed by atoms with E-state index in [1.165, 1.54) is 12.8 Å². The molecule has 0 aliphatic heterocycles. The van der Waals surface area contributed by atoms with E-state index in [4.69, 9.17) is 0 Å². The summed E-state index contributed by atoms with van der Waals surface area (Å²) in [6.07, 6.45) is 6.98. The fourth-order valence-electron chi connectivity index (χ4n) is 2.68. The van der Waals surface area contributed by atoms with Gasteiger partial charge in [-0.25, -0.2) is 4.39 Å². The lowest BCUT2D eigenvalue weighted by Crippen LogP contribution is -2.43. The topological polar surface area (TPSA) is 12.0 Å². The van der Waals surface area contributed by atoms with Gasteiger partial charge >= 0.3 is 0 Å². The molecule has 1 aromatic carbocycles. The van der Waals surface area contributed by atoms with Gasteiger partial charge in [-0.3, -0.25) is 0 Å².